The molecule has 0 aromatic carbocycles. The maximum atomic E-state index is 4.43. The average molecular weight is 251 g/mol. The number of hydrogen-bond acceptors (Lipinski definition) is 5. The molecular formula is C11H17N5S. The Bertz CT molecular complexity index is 436. The van der Waals surface area contributed by atoms with Crippen LogP contribution in [0, 0.1) is 0 Å². The highest BCUT2D eigenvalue weighted by Crippen LogP contribution is 2.19. The number of imidazole rings is 1. The number of rotatable bonds is 6. The Hall–Kier alpha value is -1.27. The number of nitrogens with zero attached hydrogens (tertiary/aromatic N) is 4. The number of nitrogens with one attached hydrogen (secondary N) is 1. The third kappa shape index (κ3) is 2.70. The summed E-state index contributed by atoms with van der Waals surface area (Å²) >= 11 is 1.24. The lowest BCUT2D eigenvalue weighted by atomic mass is 10.2. The van der Waals surface area contributed by atoms with Gasteiger partial charge in [0.25, 0.3) is 0 Å². The predicted octanol–water partition coefficient (Wildman–Crippen LogP) is 1.84. The van der Waals surface area contributed by atoms with Gasteiger partial charge in [0.1, 0.15) is 11.9 Å². The minimum absolute atomic E-state index is 0.0450. The summed E-state index contributed by atoms with van der Waals surface area (Å²) in [5, 5.41) is 3.47. The van der Waals surface area contributed by atoms with Crippen LogP contribution in [0.2, 0.25) is 0 Å². The lowest BCUT2D eigenvalue weighted by Gasteiger charge is -2.16. The van der Waals surface area contributed by atoms with Gasteiger partial charge in [-0.15, -0.1) is 0 Å². The summed E-state index contributed by atoms with van der Waals surface area (Å²) in [6, 6.07) is 0.0450. The molecule has 0 aliphatic heterocycles. The molecular weight excluding hydrogens is 234 g/mol. The van der Waals surface area contributed by atoms with Gasteiger partial charge in [0, 0.05) is 18.9 Å². The first-order valence-corrected chi connectivity index (χ1v) is 6.61. The zero-order valence-corrected chi connectivity index (χ0v) is 10.9. The number of aromatic nitrogens is 4. The molecule has 2 heterocycles. The van der Waals surface area contributed by atoms with Crippen LogP contribution in [0.15, 0.2) is 18.6 Å². The van der Waals surface area contributed by atoms with E-state index in [0.717, 1.165) is 31.0 Å². The zero-order chi connectivity index (χ0) is 12.1. The Balaban J connectivity index is 2.27. The van der Waals surface area contributed by atoms with Crippen molar-refractivity contribution in [2.24, 2.45) is 0 Å². The van der Waals surface area contributed by atoms with E-state index < -0.39 is 0 Å². The van der Waals surface area contributed by atoms with Gasteiger partial charge in [0.05, 0.1) is 23.6 Å². The predicted molar refractivity (Wildman–Crippen MR) is 67.9 cm³/mol. The van der Waals surface area contributed by atoms with Crippen molar-refractivity contribution in [1.29, 1.82) is 0 Å². The summed E-state index contributed by atoms with van der Waals surface area (Å²) in [5.41, 5.74) is 0.948. The van der Waals surface area contributed by atoms with Gasteiger partial charge in [-0.2, -0.15) is 8.75 Å². The molecule has 5 nitrogen and oxygen atoms in total. The summed E-state index contributed by atoms with van der Waals surface area (Å²) < 4.78 is 10.5. The molecule has 0 aliphatic rings. The van der Waals surface area contributed by atoms with Gasteiger partial charge in [-0.25, -0.2) is 4.98 Å². The normalized spacial score (nSPS) is 12.8. The molecule has 0 amide bonds. The summed E-state index contributed by atoms with van der Waals surface area (Å²) in [5.74, 6) is 1.01. The first-order valence-electron chi connectivity index (χ1n) is 5.88. The van der Waals surface area contributed by atoms with Crippen LogP contribution >= 0.6 is 11.7 Å². The fourth-order valence-electron chi connectivity index (χ4n) is 1.76. The molecule has 0 spiro atoms. The van der Waals surface area contributed by atoms with Crippen LogP contribution in [-0.2, 0) is 6.54 Å². The van der Waals surface area contributed by atoms with Crippen LogP contribution < -0.4 is 5.32 Å². The molecule has 92 valence electrons. The standard InChI is InChI=1S/C11H17N5S/c1-3-5-12-10(9-8-14-17-15-9)11-13-6-7-16(11)4-2/h6-8,10,12H,3-5H2,1-2H3. The fraction of sp³-hybridized carbons (Fsp3) is 0.545. The minimum atomic E-state index is 0.0450. The van der Waals surface area contributed by atoms with E-state index in [1.54, 1.807) is 0 Å². The topological polar surface area (TPSA) is 55.6 Å². The van der Waals surface area contributed by atoms with E-state index in [4.69, 9.17) is 0 Å². The van der Waals surface area contributed by atoms with E-state index in [1.807, 2.05) is 18.6 Å². The smallest absolute Gasteiger partial charge is 0.132 e. The monoisotopic (exact) mass is 251 g/mol. The first-order chi connectivity index (χ1) is 8.36. The maximum absolute atomic E-state index is 4.43. The molecule has 0 fully saturated rings. The number of hydrogen-bond donors (Lipinski definition) is 1. The van der Waals surface area contributed by atoms with Gasteiger partial charge in [0.15, 0.2) is 0 Å². The second kappa shape index (κ2) is 5.88. The van der Waals surface area contributed by atoms with E-state index in [2.05, 4.69) is 37.5 Å². The van der Waals surface area contributed by atoms with Gasteiger partial charge >= 0.3 is 0 Å². The van der Waals surface area contributed by atoms with E-state index in [9.17, 15) is 0 Å². The molecule has 1 atom stereocenters. The summed E-state index contributed by atoms with van der Waals surface area (Å²) in [6.45, 7) is 6.12. The third-order valence-electron chi connectivity index (χ3n) is 2.62. The summed E-state index contributed by atoms with van der Waals surface area (Å²) in [6.07, 6.45) is 6.72. The van der Waals surface area contributed by atoms with Gasteiger partial charge in [-0.3, -0.25) is 0 Å². The van der Waals surface area contributed by atoms with Crippen molar-refractivity contribution >= 4 is 11.7 Å². The molecule has 0 radical (unpaired) electrons. The quantitative estimate of drug-likeness (QED) is 0.851. The molecule has 0 bridgehead atoms. The summed E-state index contributed by atoms with van der Waals surface area (Å²) in [4.78, 5) is 4.43. The molecule has 0 aliphatic carbocycles. The van der Waals surface area contributed by atoms with Crippen LogP contribution in [0.1, 0.15) is 37.8 Å². The van der Waals surface area contributed by atoms with Crippen LogP contribution in [0.3, 0.4) is 0 Å². The highest BCUT2D eigenvalue weighted by Gasteiger charge is 2.20. The van der Waals surface area contributed by atoms with Crippen molar-refractivity contribution in [3.8, 4) is 0 Å². The first kappa shape index (κ1) is 12.2. The Morgan fingerprint density at radius 2 is 2.35 bits per heavy atom. The van der Waals surface area contributed by atoms with Crippen molar-refractivity contribution in [3.05, 3.63) is 30.1 Å². The highest BCUT2D eigenvalue weighted by atomic mass is 32.1. The average Bonchev–Trinajstić information content (AvgIpc) is 3.00. The molecule has 2 rings (SSSR count). The second-order valence-electron chi connectivity index (χ2n) is 3.79. The van der Waals surface area contributed by atoms with E-state index in [-0.39, 0.29) is 6.04 Å². The van der Waals surface area contributed by atoms with E-state index in [0.29, 0.717) is 0 Å². The minimum Gasteiger partial charge on any atom is -0.334 e. The largest absolute Gasteiger partial charge is 0.334 e. The maximum Gasteiger partial charge on any atom is 0.132 e. The fourth-order valence-corrected chi connectivity index (χ4v) is 2.21. The van der Waals surface area contributed by atoms with Crippen LogP contribution in [0.25, 0.3) is 0 Å². The second-order valence-corrected chi connectivity index (χ2v) is 4.35. The molecule has 0 saturated carbocycles. The van der Waals surface area contributed by atoms with Gasteiger partial charge in [0.2, 0.25) is 0 Å². The third-order valence-corrected chi connectivity index (χ3v) is 3.11. The highest BCUT2D eigenvalue weighted by molar-refractivity contribution is 6.99. The van der Waals surface area contributed by atoms with Crippen LogP contribution in [0.4, 0.5) is 0 Å². The lowest BCUT2D eigenvalue weighted by molar-refractivity contribution is 0.534. The van der Waals surface area contributed by atoms with Crippen molar-refractivity contribution in [3.63, 3.8) is 0 Å². The summed E-state index contributed by atoms with van der Waals surface area (Å²) in [7, 11) is 0. The van der Waals surface area contributed by atoms with Crippen molar-refractivity contribution in [1.82, 2.24) is 23.6 Å². The van der Waals surface area contributed by atoms with Crippen LogP contribution in [-0.4, -0.2) is 24.8 Å². The van der Waals surface area contributed by atoms with Crippen molar-refractivity contribution < 1.29 is 0 Å². The SMILES string of the molecule is CCCNC(c1cnsn1)c1nccn1CC. The van der Waals surface area contributed by atoms with Gasteiger partial charge in [-0.1, -0.05) is 6.92 Å². The molecule has 0 saturated heterocycles. The van der Waals surface area contributed by atoms with Crippen LogP contribution in [0.5, 0.6) is 0 Å². The molecule has 2 aromatic rings. The van der Waals surface area contributed by atoms with Gasteiger partial charge < -0.3 is 9.88 Å². The molecule has 2 aromatic heterocycles. The Morgan fingerprint density at radius 3 is 3.00 bits per heavy atom. The molecule has 17 heavy (non-hydrogen) atoms. The molecule has 1 unspecified atom stereocenters. The van der Waals surface area contributed by atoms with Crippen molar-refractivity contribution in [2.45, 2.75) is 32.9 Å². The van der Waals surface area contributed by atoms with Crippen molar-refractivity contribution in [2.75, 3.05) is 6.54 Å². The lowest BCUT2D eigenvalue weighted by Crippen LogP contribution is -2.26. The number of aryl methyl sites for hydroxylation is 1. The Kier molecular flexibility index (Phi) is 4.22. The zero-order valence-electron chi connectivity index (χ0n) is 10.1. The van der Waals surface area contributed by atoms with E-state index >= 15 is 0 Å². The Morgan fingerprint density at radius 1 is 1.47 bits per heavy atom. The molecule has 1 N–H and O–H groups in total. The van der Waals surface area contributed by atoms with Gasteiger partial charge in [-0.05, 0) is 19.9 Å². The molecule has 6 heteroatoms. The Labute approximate surface area is 105 Å². The van der Waals surface area contributed by atoms with E-state index in [1.165, 1.54) is 11.7 Å².